The lowest BCUT2D eigenvalue weighted by Crippen LogP contribution is -2.08. The molecule has 0 atom stereocenters. The molecule has 1 aromatic rings. The molecule has 0 fully saturated rings. The van der Waals surface area contributed by atoms with Crippen molar-refractivity contribution in [3.05, 3.63) is 29.3 Å². The molecule has 0 spiro atoms. The van der Waals surface area contributed by atoms with Gasteiger partial charge in [-0.15, -0.1) is 0 Å². The van der Waals surface area contributed by atoms with E-state index >= 15 is 0 Å². The molecular weight excluding hydrogens is 261 g/mol. The molecule has 0 radical (unpaired) electrons. The van der Waals surface area contributed by atoms with Crippen molar-refractivity contribution >= 4 is 17.4 Å². The lowest BCUT2D eigenvalue weighted by atomic mass is 10.1. The van der Waals surface area contributed by atoms with Gasteiger partial charge in [0.15, 0.2) is 0 Å². The van der Waals surface area contributed by atoms with Crippen LogP contribution in [-0.2, 0) is 6.18 Å². The van der Waals surface area contributed by atoms with Crippen molar-refractivity contribution in [1.82, 2.24) is 0 Å². The maximum absolute atomic E-state index is 12.5. The zero-order valence-electron chi connectivity index (χ0n) is 9.84. The van der Waals surface area contributed by atoms with Crippen molar-refractivity contribution in [3.63, 3.8) is 0 Å². The summed E-state index contributed by atoms with van der Waals surface area (Å²) >= 11 is 1.70. The Kier molecular flexibility index (Phi) is 5.35. The Morgan fingerprint density at radius 1 is 1.39 bits per heavy atom. The fourth-order valence-corrected chi connectivity index (χ4v) is 1.84. The number of thioether (sulfide) groups is 1. The van der Waals surface area contributed by atoms with E-state index in [1.54, 1.807) is 17.8 Å². The summed E-state index contributed by atoms with van der Waals surface area (Å²) in [5.74, 6) is 0.968. The van der Waals surface area contributed by atoms with Crippen LogP contribution in [0.3, 0.4) is 0 Å². The molecule has 1 rings (SSSR count). The Labute approximate surface area is 108 Å². The lowest BCUT2D eigenvalue weighted by molar-refractivity contribution is -0.137. The normalized spacial score (nSPS) is 11.1. The predicted molar refractivity (Wildman–Crippen MR) is 67.6 cm³/mol. The quantitative estimate of drug-likeness (QED) is 0.831. The van der Waals surface area contributed by atoms with Crippen molar-refractivity contribution < 1.29 is 13.2 Å². The summed E-state index contributed by atoms with van der Waals surface area (Å²) in [4.78, 5) is 0. The van der Waals surface area contributed by atoms with Crippen molar-refractivity contribution in [2.45, 2.75) is 12.6 Å². The Morgan fingerprint density at radius 2 is 2.11 bits per heavy atom. The first kappa shape index (κ1) is 14.7. The van der Waals surface area contributed by atoms with Crippen molar-refractivity contribution in [1.29, 1.82) is 5.26 Å². The van der Waals surface area contributed by atoms with E-state index in [0.717, 1.165) is 24.3 Å². The summed E-state index contributed by atoms with van der Waals surface area (Å²) < 4.78 is 37.4. The zero-order valence-corrected chi connectivity index (χ0v) is 10.7. The minimum Gasteiger partial charge on any atom is -0.384 e. The average Bonchev–Trinajstić information content (AvgIpc) is 2.33. The van der Waals surface area contributed by atoms with Crippen LogP contribution in [0, 0.1) is 11.3 Å². The molecule has 0 heterocycles. The first-order valence-corrected chi connectivity index (χ1v) is 6.72. The maximum atomic E-state index is 12.5. The zero-order chi connectivity index (χ0) is 13.6. The van der Waals surface area contributed by atoms with Crippen LogP contribution in [0.15, 0.2) is 18.2 Å². The number of nitrogens with zero attached hydrogens (tertiary/aromatic N) is 1. The van der Waals surface area contributed by atoms with Crippen LogP contribution in [0.4, 0.5) is 18.9 Å². The van der Waals surface area contributed by atoms with Crippen LogP contribution >= 0.6 is 11.8 Å². The van der Waals surface area contributed by atoms with Gasteiger partial charge >= 0.3 is 6.18 Å². The molecule has 0 saturated carbocycles. The highest BCUT2D eigenvalue weighted by Gasteiger charge is 2.30. The monoisotopic (exact) mass is 274 g/mol. The standard InChI is InChI=1S/C12H13F3N2S/c1-18-6-2-5-17-11-4-3-10(12(13,14)15)7-9(11)8-16/h3-4,7,17H,2,5-6H2,1H3. The van der Waals surface area contributed by atoms with Gasteiger partial charge in [0.2, 0.25) is 0 Å². The minimum absolute atomic E-state index is 0.0222. The lowest BCUT2D eigenvalue weighted by Gasteiger charge is -2.11. The summed E-state index contributed by atoms with van der Waals surface area (Å²) in [5, 5.41) is 11.8. The van der Waals surface area contributed by atoms with E-state index in [4.69, 9.17) is 5.26 Å². The molecule has 0 aromatic heterocycles. The Morgan fingerprint density at radius 3 is 2.67 bits per heavy atom. The fourth-order valence-electron chi connectivity index (χ4n) is 1.41. The molecule has 1 aromatic carbocycles. The molecule has 0 saturated heterocycles. The highest BCUT2D eigenvalue weighted by atomic mass is 32.2. The number of halogens is 3. The average molecular weight is 274 g/mol. The van der Waals surface area contributed by atoms with Gasteiger partial charge in [0.05, 0.1) is 16.8 Å². The largest absolute Gasteiger partial charge is 0.416 e. The second-order valence-electron chi connectivity index (χ2n) is 3.64. The smallest absolute Gasteiger partial charge is 0.384 e. The summed E-state index contributed by atoms with van der Waals surface area (Å²) in [6.07, 6.45) is -1.53. The molecule has 0 aliphatic carbocycles. The van der Waals surface area contributed by atoms with E-state index in [9.17, 15) is 13.2 Å². The van der Waals surface area contributed by atoms with Gasteiger partial charge in [-0.1, -0.05) is 0 Å². The van der Waals surface area contributed by atoms with Gasteiger partial charge in [-0.05, 0) is 36.6 Å². The molecule has 2 nitrogen and oxygen atoms in total. The van der Waals surface area contributed by atoms with Crippen LogP contribution in [-0.4, -0.2) is 18.6 Å². The Balaban J connectivity index is 2.79. The number of benzene rings is 1. The van der Waals surface area contributed by atoms with E-state index in [1.807, 2.05) is 6.26 Å². The number of alkyl halides is 3. The second-order valence-corrected chi connectivity index (χ2v) is 4.63. The molecule has 98 valence electrons. The van der Waals surface area contributed by atoms with E-state index in [2.05, 4.69) is 5.32 Å². The molecule has 18 heavy (non-hydrogen) atoms. The van der Waals surface area contributed by atoms with Gasteiger partial charge in [0.25, 0.3) is 0 Å². The first-order valence-electron chi connectivity index (χ1n) is 5.33. The topological polar surface area (TPSA) is 35.8 Å². The number of anilines is 1. The van der Waals surface area contributed by atoms with Gasteiger partial charge in [0, 0.05) is 6.54 Å². The number of hydrogen-bond donors (Lipinski definition) is 1. The van der Waals surface area contributed by atoms with E-state index in [0.29, 0.717) is 12.2 Å². The van der Waals surface area contributed by atoms with Crippen molar-refractivity contribution in [3.8, 4) is 6.07 Å². The predicted octanol–water partition coefficient (Wildman–Crippen LogP) is 3.74. The SMILES string of the molecule is CSCCCNc1ccc(C(F)(F)F)cc1C#N. The van der Waals surface area contributed by atoms with Crippen LogP contribution in [0.1, 0.15) is 17.5 Å². The molecule has 1 N–H and O–H groups in total. The van der Waals surface area contributed by atoms with Crippen LogP contribution in [0.2, 0.25) is 0 Å². The first-order chi connectivity index (χ1) is 8.49. The molecule has 0 unspecified atom stereocenters. The molecule has 0 amide bonds. The van der Waals surface area contributed by atoms with E-state index in [1.165, 1.54) is 6.07 Å². The van der Waals surface area contributed by atoms with E-state index < -0.39 is 11.7 Å². The van der Waals surface area contributed by atoms with Gasteiger partial charge < -0.3 is 5.32 Å². The highest BCUT2D eigenvalue weighted by Crippen LogP contribution is 2.31. The van der Waals surface area contributed by atoms with Crippen LogP contribution < -0.4 is 5.32 Å². The van der Waals surface area contributed by atoms with Gasteiger partial charge in [-0.3, -0.25) is 0 Å². The second kappa shape index (κ2) is 6.55. The van der Waals surface area contributed by atoms with Crippen molar-refractivity contribution in [2.24, 2.45) is 0 Å². The number of rotatable bonds is 5. The van der Waals surface area contributed by atoms with Gasteiger partial charge in [-0.25, -0.2) is 0 Å². The Bertz CT molecular complexity index is 438. The summed E-state index contributed by atoms with van der Waals surface area (Å²) in [7, 11) is 0. The van der Waals surface area contributed by atoms with E-state index in [-0.39, 0.29) is 5.56 Å². The third-order valence-electron chi connectivity index (χ3n) is 2.31. The Hall–Kier alpha value is -1.35. The molecular formula is C12H13F3N2S. The summed E-state index contributed by atoms with van der Waals surface area (Å²) in [6, 6.07) is 4.94. The van der Waals surface area contributed by atoms with Gasteiger partial charge in [-0.2, -0.15) is 30.2 Å². The maximum Gasteiger partial charge on any atom is 0.416 e. The van der Waals surface area contributed by atoms with Crippen LogP contribution in [0.5, 0.6) is 0 Å². The fraction of sp³-hybridized carbons (Fsp3) is 0.417. The molecule has 6 heteroatoms. The molecule has 0 aliphatic heterocycles. The highest BCUT2D eigenvalue weighted by molar-refractivity contribution is 7.98. The third-order valence-corrected chi connectivity index (χ3v) is 3.00. The number of hydrogen-bond acceptors (Lipinski definition) is 3. The number of nitriles is 1. The van der Waals surface area contributed by atoms with Crippen LogP contribution in [0.25, 0.3) is 0 Å². The molecule has 0 aliphatic rings. The molecule has 0 bridgehead atoms. The summed E-state index contributed by atoms with van der Waals surface area (Å²) in [5.41, 5.74) is -0.325. The number of nitrogens with one attached hydrogen (secondary N) is 1. The van der Waals surface area contributed by atoms with Gasteiger partial charge in [0.1, 0.15) is 6.07 Å². The minimum atomic E-state index is -4.41. The van der Waals surface area contributed by atoms with Crippen molar-refractivity contribution in [2.75, 3.05) is 23.9 Å². The third kappa shape index (κ3) is 4.15. The summed E-state index contributed by atoms with van der Waals surface area (Å²) in [6.45, 7) is 0.640.